The minimum absolute atomic E-state index is 0.0779. The van der Waals surface area contributed by atoms with Crippen LogP contribution in [0.15, 0.2) is 12.2 Å². The van der Waals surface area contributed by atoms with Crippen LogP contribution in [0.3, 0.4) is 0 Å². The zero-order valence-electron chi connectivity index (χ0n) is 47.8. The Morgan fingerprint density at radius 3 is 1.10 bits per heavy atom. The molecule has 9 heteroatoms. The number of hydrogen-bond acceptors (Lipinski definition) is 5. The van der Waals surface area contributed by atoms with E-state index in [4.69, 9.17) is 9.05 Å². The molecule has 0 rings (SSSR count). The van der Waals surface area contributed by atoms with Crippen LogP contribution in [-0.4, -0.2) is 73.4 Å². The first-order valence-electron chi connectivity index (χ1n) is 31.1. The molecule has 70 heavy (non-hydrogen) atoms. The van der Waals surface area contributed by atoms with Crippen molar-refractivity contribution in [3.63, 3.8) is 0 Å². The number of aliphatic hydroxyl groups excluding tert-OH is 1. The molecule has 0 bridgehead atoms. The molecule has 3 atom stereocenters. The Hall–Kier alpha value is -0.760. The monoisotopic (exact) mass is 1010 g/mol. The molecule has 0 fully saturated rings. The Kier molecular flexibility index (Phi) is 52.5. The van der Waals surface area contributed by atoms with Crippen molar-refractivity contribution in [2.24, 2.45) is 0 Å². The van der Waals surface area contributed by atoms with Gasteiger partial charge in [-0.2, -0.15) is 0 Å². The smallest absolute Gasteiger partial charge is 0.391 e. The van der Waals surface area contributed by atoms with E-state index in [0.29, 0.717) is 23.9 Å². The lowest BCUT2D eigenvalue weighted by Crippen LogP contribution is -2.46. The van der Waals surface area contributed by atoms with E-state index >= 15 is 0 Å². The van der Waals surface area contributed by atoms with Crippen molar-refractivity contribution in [3.05, 3.63) is 12.2 Å². The molecule has 3 unspecified atom stereocenters. The molecular formula is C61H124N2O6P+. The first-order valence-corrected chi connectivity index (χ1v) is 32.5. The average Bonchev–Trinajstić information content (AvgIpc) is 3.32. The van der Waals surface area contributed by atoms with Crippen molar-refractivity contribution >= 4 is 13.7 Å². The SMILES string of the molecule is CCCCCCCCCC/C=C\CCCCCCCCCCCCCCCCCC(=O)NC(COP(=O)(O)OCC[N+](C)(C)C)C(O)CCCCCCCCCCCCCCCCCCCCCCC. The minimum atomic E-state index is -4.32. The molecule has 0 aliphatic carbocycles. The van der Waals surface area contributed by atoms with Crippen LogP contribution in [0.1, 0.15) is 322 Å². The third-order valence-corrected chi connectivity index (χ3v) is 15.5. The molecular weight excluding hydrogens is 888 g/mol. The Balaban J connectivity index is 4.08. The van der Waals surface area contributed by atoms with Gasteiger partial charge in [0.1, 0.15) is 13.2 Å². The fraction of sp³-hybridized carbons (Fsp3) is 0.951. The highest BCUT2D eigenvalue weighted by Crippen LogP contribution is 2.43. The molecule has 0 aromatic carbocycles. The number of aliphatic hydroxyl groups is 1. The van der Waals surface area contributed by atoms with Crippen molar-refractivity contribution in [2.75, 3.05) is 40.9 Å². The van der Waals surface area contributed by atoms with Gasteiger partial charge >= 0.3 is 7.82 Å². The highest BCUT2D eigenvalue weighted by atomic mass is 31.2. The number of carbonyl (C=O) groups excluding carboxylic acids is 1. The first-order chi connectivity index (χ1) is 34.0. The summed E-state index contributed by atoms with van der Waals surface area (Å²) in [6.07, 6.45) is 65.6. The van der Waals surface area contributed by atoms with E-state index in [1.54, 1.807) is 0 Å². The van der Waals surface area contributed by atoms with Crippen LogP contribution >= 0.6 is 7.82 Å². The number of nitrogens with zero attached hydrogens (tertiary/aromatic N) is 1. The topological polar surface area (TPSA) is 105 Å². The maximum absolute atomic E-state index is 13.0. The van der Waals surface area contributed by atoms with E-state index in [-0.39, 0.29) is 19.1 Å². The number of amides is 1. The number of phosphoric acid groups is 1. The van der Waals surface area contributed by atoms with Crippen LogP contribution in [0.25, 0.3) is 0 Å². The molecule has 0 radical (unpaired) electrons. The maximum Gasteiger partial charge on any atom is 0.472 e. The second kappa shape index (κ2) is 53.1. The molecule has 0 aliphatic heterocycles. The first kappa shape index (κ1) is 69.2. The summed E-state index contributed by atoms with van der Waals surface area (Å²) in [5.41, 5.74) is 0. The number of hydrogen-bond donors (Lipinski definition) is 3. The van der Waals surface area contributed by atoms with Crippen molar-refractivity contribution in [1.82, 2.24) is 5.32 Å². The van der Waals surface area contributed by atoms with Gasteiger partial charge < -0.3 is 19.8 Å². The quantitative estimate of drug-likeness (QED) is 0.0243. The number of quaternary nitrogens is 1. The number of nitrogens with one attached hydrogen (secondary N) is 1. The Bertz CT molecular complexity index is 1150. The molecule has 0 spiro atoms. The third-order valence-electron chi connectivity index (χ3n) is 14.5. The molecule has 0 heterocycles. The average molecular weight is 1010 g/mol. The fourth-order valence-electron chi connectivity index (χ4n) is 9.63. The minimum Gasteiger partial charge on any atom is -0.391 e. The molecule has 0 aromatic heterocycles. The number of carbonyl (C=O) groups is 1. The van der Waals surface area contributed by atoms with Gasteiger partial charge in [-0.15, -0.1) is 0 Å². The van der Waals surface area contributed by atoms with E-state index in [0.717, 1.165) is 38.5 Å². The number of phosphoric ester groups is 1. The van der Waals surface area contributed by atoms with Gasteiger partial charge in [0.2, 0.25) is 5.91 Å². The summed E-state index contributed by atoms with van der Waals surface area (Å²) >= 11 is 0. The van der Waals surface area contributed by atoms with Crippen LogP contribution in [0.4, 0.5) is 0 Å². The van der Waals surface area contributed by atoms with Gasteiger partial charge in [-0.1, -0.05) is 289 Å². The summed E-state index contributed by atoms with van der Waals surface area (Å²) in [6, 6.07) is -0.758. The highest BCUT2D eigenvalue weighted by Gasteiger charge is 2.28. The van der Waals surface area contributed by atoms with Crippen molar-refractivity contribution in [1.29, 1.82) is 0 Å². The second-order valence-electron chi connectivity index (χ2n) is 22.8. The molecule has 8 nitrogen and oxygen atoms in total. The van der Waals surface area contributed by atoms with Gasteiger partial charge in [0.05, 0.1) is 39.9 Å². The highest BCUT2D eigenvalue weighted by molar-refractivity contribution is 7.47. The third kappa shape index (κ3) is 55.0. The lowest BCUT2D eigenvalue weighted by molar-refractivity contribution is -0.870. The number of allylic oxidation sites excluding steroid dienone is 2. The van der Waals surface area contributed by atoms with Crippen molar-refractivity contribution < 1.29 is 32.9 Å². The van der Waals surface area contributed by atoms with Gasteiger partial charge in [-0.3, -0.25) is 13.8 Å². The molecule has 0 saturated heterocycles. The van der Waals surface area contributed by atoms with E-state index in [1.807, 2.05) is 21.1 Å². The standard InChI is InChI=1S/C61H123N2O6P/c1-6-8-10-12-14-16-18-20-22-24-26-28-29-30-31-32-33-35-37-39-41-43-45-47-49-51-53-55-61(65)62-59(58-69-70(66,67)68-57-56-63(3,4)5)60(64)54-52-50-48-46-44-42-40-38-36-34-27-25-23-21-19-17-15-13-11-9-7-2/h24,26,59-60,64H,6-23,25,27-58H2,1-5H3,(H-,62,65,66,67)/p+1/b26-24-. The summed E-state index contributed by atoms with van der Waals surface area (Å²) in [6.45, 7) is 4.94. The predicted octanol–water partition coefficient (Wildman–Crippen LogP) is 19.0. The second-order valence-corrected chi connectivity index (χ2v) is 24.2. The van der Waals surface area contributed by atoms with Crippen LogP contribution < -0.4 is 5.32 Å². The van der Waals surface area contributed by atoms with E-state index < -0.39 is 20.0 Å². The largest absolute Gasteiger partial charge is 0.472 e. The maximum atomic E-state index is 13.0. The van der Waals surface area contributed by atoms with Gasteiger partial charge in [0.15, 0.2) is 0 Å². The molecule has 418 valence electrons. The van der Waals surface area contributed by atoms with E-state index in [9.17, 15) is 19.4 Å². The predicted molar refractivity (Wildman–Crippen MR) is 305 cm³/mol. The molecule has 3 N–H and O–H groups in total. The van der Waals surface area contributed by atoms with Crippen molar-refractivity contribution in [2.45, 2.75) is 334 Å². The lowest BCUT2D eigenvalue weighted by atomic mass is 10.0. The molecule has 0 aliphatic rings. The Labute approximate surface area is 437 Å². The van der Waals surface area contributed by atoms with Crippen molar-refractivity contribution in [3.8, 4) is 0 Å². The summed E-state index contributed by atoms with van der Waals surface area (Å²) in [5.74, 6) is -0.137. The summed E-state index contributed by atoms with van der Waals surface area (Å²) in [4.78, 5) is 23.4. The van der Waals surface area contributed by atoms with Crippen LogP contribution in [0, 0.1) is 0 Å². The van der Waals surface area contributed by atoms with Gasteiger partial charge in [0, 0.05) is 6.42 Å². The zero-order valence-corrected chi connectivity index (χ0v) is 48.7. The number of likely N-dealkylation sites (N-methyl/N-ethyl adjacent to an activating group) is 1. The number of rotatable bonds is 58. The summed E-state index contributed by atoms with van der Waals surface area (Å²) < 4.78 is 23.8. The summed E-state index contributed by atoms with van der Waals surface area (Å²) in [7, 11) is 1.63. The van der Waals surface area contributed by atoms with Gasteiger partial charge in [-0.25, -0.2) is 4.57 Å². The van der Waals surface area contributed by atoms with E-state index in [1.165, 1.54) is 257 Å². The Morgan fingerprint density at radius 2 is 0.771 bits per heavy atom. The van der Waals surface area contributed by atoms with Gasteiger partial charge in [0.25, 0.3) is 0 Å². The normalized spacial score (nSPS) is 13.9. The van der Waals surface area contributed by atoms with E-state index in [2.05, 4.69) is 31.3 Å². The molecule has 1 amide bonds. The van der Waals surface area contributed by atoms with Crippen LogP contribution in [-0.2, 0) is 18.4 Å². The summed E-state index contributed by atoms with van der Waals surface area (Å²) in [5, 5.41) is 14.1. The zero-order chi connectivity index (χ0) is 51.3. The van der Waals surface area contributed by atoms with Crippen LogP contribution in [0.5, 0.6) is 0 Å². The number of unbranched alkanes of at least 4 members (excludes halogenated alkanes) is 43. The molecule has 0 aromatic rings. The van der Waals surface area contributed by atoms with Gasteiger partial charge in [-0.05, 0) is 38.5 Å². The fourth-order valence-corrected chi connectivity index (χ4v) is 10.4. The Morgan fingerprint density at radius 1 is 0.471 bits per heavy atom. The molecule has 0 saturated carbocycles. The van der Waals surface area contributed by atoms with Crippen LogP contribution in [0.2, 0.25) is 0 Å². The lowest BCUT2D eigenvalue weighted by Gasteiger charge is -2.26.